The van der Waals surface area contributed by atoms with Crippen molar-refractivity contribution in [3.8, 4) is 0 Å². The van der Waals surface area contributed by atoms with Gasteiger partial charge in [-0.05, 0) is 71.4 Å². The topological polar surface area (TPSA) is 114 Å². The third-order valence-electron chi connectivity index (χ3n) is 5.95. The van der Waals surface area contributed by atoms with E-state index < -0.39 is 35.7 Å². The summed E-state index contributed by atoms with van der Waals surface area (Å²) in [5, 5.41) is 5.59. The lowest BCUT2D eigenvalue weighted by Gasteiger charge is -2.35. The van der Waals surface area contributed by atoms with E-state index in [0.29, 0.717) is 24.9 Å². The second kappa shape index (κ2) is 16.1. The summed E-state index contributed by atoms with van der Waals surface area (Å²) in [6, 6.07) is 3.93. The number of esters is 1. The molecule has 220 valence electrons. The normalized spacial score (nSPS) is 12.9. The van der Waals surface area contributed by atoms with Gasteiger partial charge in [0.05, 0.1) is 13.0 Å². The molecular weight excluding hydrogens is 498 g/mol. The molecule has 3 amide bonds. The maximum absolute atomic E-state index is 14.2. The minimum absolute atomic E-state index is 0.0261. The van der Waals surface area contributed by atoms with Crippen molar-refractivity contribution < 1.29 is 28.7 Å². The maximum atomic E-state index is 14.2. The first-order chi connectivity index (χ1) is 18.2. The van der Waals surface area contributed by atoms with E-state index in [4.69, 9.17) is 9.47 Å². The molecule has 0 fully saturated rings. The molecule has 1 rings (SSSR count). The minimum atomic E-state index is -0.943. The standard InChI is InChI=1S/C30H49N3O6/c1-10-12-17-33(28(36)24(18-20(3)4)32-29(37)39-30(7,8)9)26(23-14-13-21(5)19-22(23)6)27(35)31-16-15-25(34)38-11-2/h13-14,19-20,24,26H,10-12,15-18H2,1-9H3,(H,31,35)(H,32,37). The van der Waals surface area contributed by atoms with Gasteiger partial charge in [-0.25, -0.2) is 4.79 Å². The second-order valence-electron chi connectivity index (χ2n) is 11.3. The van der Waals surface area contributed by atoms with Gasteiger partial charge in [0.2, 0.25) is 11.8 Å². The lowest BCUT2D eigenvalue weighted by Crippen LogP contribution is -2.53. The highest BCUT2D eigenvalue weighted by atomic mass is 16.6. The highest BCUT2D eigenvalue weighted by molar-refractivity contribution is 5.92. The van der Waals surface area contributed by atoms with Crippen LogP contribution in [0.2, 0.25) is 0 Å². The molecule has 0 aliphatic heterocycles. The van der Waals surface area contributed by atoms with Crippen molar-refractivity contribution in [2.75, 3.05) is 19.7 Å². The van der Waals surface area contributed by atoms with Gasteiger partial charge in [-0.1, -0.05) is 51.0 Å². The molecule has 2 atom stereocenters. The minimum Gasteiger partial charge on any atom is -0.466 e. The van der Waals surface area contributed by atoms with Crippen LogP contribution in [0.15, 0.2) is 18.2 Å². The monoisotopic (exact) mass is 547 g/mol. The van der Waals surface area contributed by atoms with Gasteiger partial charge in [0.1, 0.15) is 17.7 Å². The first-order valence-electron chi connectivity index (χ1n) is 14.0. The summed E-state index contributed by atoms with van der Waals surface area (Å²) in [6.07, 6.45) is 1.20. The van der Waals surface area contributed by atoms with Gasteiger partial charge in [0.15, 0.2) is 0 Å². The van der Waals surface area contributed by atoms with Crippen molar-refractivity contribution in [1.29, 1.82) is 0 Å². The number of nitrogens with one attached hydrogen (secondary N) is 2. The van der Waals surface area contributed by atoms with Crippen LogP contribution in [-0.4, -0.2) is 60.1 Å². The molecule has 0 spiro atoms. The Morgan fingerprint density at radius 2 is 1.72 bits per heavy atom. The van der Waals surface area contributed by atoms with Crippen LogP contribution < -0.4 is 10.6 Å². The number of hydrogen-bond acceptors (Lipinski definition) is 6. The molecule has 39 heavy (non-hydrogen) atoms. The first kappa shape index (κ1) is 33.9. The zero-order valence-electron chi connectivity index (χ0n) is 25.3. The summed E-state index contributed by atoms with van der Waals surface area (Å²) in [6.45, 7) is 17.5. The molecule has 0 saturated heterocycles. The van der Waals surface area contributed by atoms with Crippen LogP contribution in [-0.2, 0) is 23.9 Å². The number of nitrogens with zero attached hydrogens (tertiary/aromatic N) is 1. The average Bonchev–Trinajstić information content (AvgIpc) is 2.80. The molecule has 9 nitrogen and oxygen atoms in total. The highest BCUT2D eigenvalue weighted by Crippen LogP contribution is 2.27. The summed E-state index contributed by atoms with van der Waals surface area (Å²) in [5.41, 5.74) is 1.88. The zero-order valence-corrected chi connectivity index (χ0v) is 25.3. The quantitative estimate of drug-likeness (QED) is 0.318. The second-order valence-corrected chi connectivity index (χ2v) is 11.3. The van der Waals surface area contributed by atoms with Crippen LogP contribution in [0.25, 0.3) is 0 Å². The van der Waals surface area contributed by atoms with Gasteiger partial charge >= 0.3 is 12.1 Å². The van der Waals surface area contributed by atoms with E-state index in [-0.39, 0.29) is 31.4 Å². The lowest BCUT2D eigenvalue weighted by atomic mass is 9.95. The van der Waals surface area contributed by atoms with Gasteiger partial charge in [0.25, 0.3) is 0 Å². The van der Waals surface area contributed by atoms with Crippen molar-refractivity contribution in [3.05, 3.63) is 34.9 Å². The van der Waals surface area contributed by atoms with Crippen molar-refractivity contribution in [2.45, 2.75) is 106 Å². The Morgan fingerprint density at radius 3 is 2.26 bits per heavy atom. The van der Waals surface area contributed by atoms with Crippen LogP contribution in [0.4, 0.5) is 4.79 Å². The van der Waals surface area contributed by atoms with Crippen molar-refractivity contribution >= 4 is 23.9 Å². The highest BCUT2D eigenvalue weighted by Gasteiger charge is 2.37. The number of unbranched alkanes of at least 4 members (excludes halogenated alkanes) is 1. The van der Waals surface area contributed by atoms with Crippen LogP contribution in [0.5, 0.6) is 0 Å². The van der Waals surface area contributed by atoms with E-state index in [2.05, 4.69) is 10.6 Å². The van der Waals surface area contributed by atoms with E-state index in [1.54, 1.807) is 32.6 Å². The molecule has 0 aromatic heterocycles. The predicted molar refractivity (Wildman–Crippen MR) is 152 cm³/mol. The molecule has 0 saturated carbocycles. The molecule has 2 N–H and O–H groups in total. The number of ether oxygens (including phenoxy) is 2. The van der Waals surface area contributed by atoms with Crippen LogP contribution in [0.3, 0.4) is 0 Å². The summed E-state index contributed by atoms with van der Waals surface area (Å²) in [4.78, 5) is 54.0. The number of carbonyl (C=O) groups is 4. The van der Waals surface area contributed by atoms with Crippen LogP contribution in [0, 0.1) is 19.8 Å². The Morgan fingerprint density at radius 1 is 1.05 bits per heavy atom. The molecule has 0 aliphatic rings. The molecule has 9 heteroatoms. The van der Waals surface area contributed by atoms with Crippen molar-refractivity contribution in [2.24, 2.45) is 5.92 Å². The van der Waals surface area contributed by atoms with E-state index in [9.17, 15) is 19.2 Å². The van der Waals surface area contributed by atoms with Crippen molar-refractivity contribution in [3.63, 3.8) is 0 Å². The third-order valence-corrected chi connectivity index (χ3v) is 5.95. The smallest absolute Gasteiger partial charge is 0.408 e. The average molecular weight is 548 g/mol. The zero-order chi connectivity index (χ0) is 29.8. The molecule has 0 bridgehead atoms. The van der Waals surface area contributed by atoms with Crippen LogP contribution >= 0.6 is 0 Å². The summed E-state index contributed by atoms with van der Waals surface area (Å²) in [7, 11) is 0. The van der Waals surface area contributed by atoms with E-state index >= 15 is 0 Å². The van der Waals surface area contributed by atoms with Gasteiger partial charge < -0.3 is 25.0 Å². The molecule has 0 aliphatic carbocycles. The Balaban J connectivity index is 3.47. The number of benzene rings is 1. The Labute approximate surface area is 234 Å². The van der Waals surface area contributed by atoms with Gasteiger partial charge in [0, 0.05) is 13.1 Å². The first-order valence-corrected chi connectivity index (χ1v) is 14.0. The van der Waals surface area contributed by atoms with E-state index in [1.165, 1.54) is 0 Å². The fourth-order valence-corrected chi connectivity index (χ4v) is 4.24. The van der Waals surface area contributed by atoms with Gasteiger partial charge in [-0.2, -0.15) is 0 Å². The van der Waals surface area contributed by atoms with Crippen molar-refractivity contribution in [1.82, 2.24) is 15.5 Å². The molecule has 0 heterocycles. The number of rotatable bonds is 14. The molecule has 2 unspecified atom stereocenters. The fourth-order valence-electron chi connectivity index (χ4n) is 4.24. The largest absolute Gasteiger partial charge is 0.466 e. The van der Waals surface area contributed by atoms with Gasteiger partial charge in [-0.3, -0.25) is 14.4 Å². The molecular formula is C30H49N3O6. The number of alkyl carbamates (subject to hydrolysis) is 1. The molecule has 1 aromatic rings. The number of carbonyl (C=O) groups excluding carboxylic acids is 4. The van der Waals surface area contributed by atoms with E-state index in [0.717, 1.165) is 17.5 Å². The van der Waals surface area contributed by atoms with E-state index in [1.807, 2.05) is 52.8 Å². The summed E-state index contributed by atoms with van der Waals surface area (Å²) in [5.74, 6) is -1.05. The summed E-state index contributed by atoms with van der Waals surface area (Å²) >= 11 is 0. The number of aryl methyl sites for hydroxylation is 2. The van der Waals surface area contributed by atoms with Crippen LogP contribution in [0.1, 0.15) is 96.9 Å². The molecule has 0 radical (unpaired) electrons. The van der Waals surface area contributed by atoms with Gasteiger partial charge in [-0.15, -0.1) is 0 Å². The predicted octanol–water partition coefficient (Wildman–Crippen LogP) is 4.98. The molecule has 1 aromatic carbocycles. The Hall–Kier alpha value is -3.10. The maximum Gasteiger partial charge on any atom is 0.408 e. The Bertz CT molecular complexity index is 970. The summed E-state index contributed by atoms with van der Waals surface area (Å²) < 4.78 is 10.4. The fraction of sp³-hybridized carbons (Fsp3) is 0.667. The third kappa shape index (κ3) is 12.1. The number of hydrogen-bond donors (Lipinski definition) is 2. The SMILES string of the molecule is CCCCN(C(=O)C(CC(C)C)NC(=O)OC(C)(C)C)C(C(=O)NCCC(=O)OCC)c1ccc(C)cc1C. The lowest BCUT2D eigenvalue weighted by molar-refractivity contribution is -0.144. The Kier molecular flexibility index (Phi) is 14.0. The number of amides is 3.